The topological polar surface area (TPSA) is 271 Å². The maximum atomic E-state index is 13.2. The molecule has 4 aliphatic carbocycles. The molecule has 59 heavy (non-hydrogen) atoms. The number of rotatable bonds is 9. The molecule has 2 saturated heterocycles. The van der Waals surface area contributed by atoms with E-state index in [1.807, 2.05) is 13.8 Å². The summed E-state index contributed by atoms with van der Waals surface area (Å²) in [6.07, 6.45) is -12.2. The zero-order chi connectivity index (χ0) is 43.0. The molecule has 1 aromatic heterocycles. The fraction of sp³-hybridized carbons (Fsp3) is 0.829. The standard InChI is InChI=1S/C41H60O18/c1-18-34(59-36-32(48)31(47)30(46)26(16-42)58-36)35(52-6)33(49)37(54-18)57-22-9-11-38(4)23(13-22)24(55-19(2)43)14-40(50)27(38)10-12-39(5)29(21-7-8-28(45)53-17-21)25(56-20(3)44)15-41(39,40)51/h7-8,17-18,22-27,29-37,42,46-51H,9-16H2,1-6H3. The van der Waals surface area contributed by atoms with E-state index in [1.165, 1.54) is 33.3 Å². The van der Waals surface area contributed by atoms with Crippen LogP contribution in [0.25, 0.3) is 0 Å². The normalized spacial score (nSPS) is 49.6. The van der Waals surface area contributed by atoms with Gasteiger partial charge >= 0.3 is 17.6 Å². The van der Waals surface area contributed by atoms with E-state index in [0.29, 0.717) is 37.7 Å². The summed E-state index contributed by atoms with van der Waals surface area (Å²) in [4.78, 5) is 37.1. The lowest BCUT2D eigenvalue weighted by molar-refractivity contribution is -0.363. The fourth-order valence-electron chi connectivity index (χ4n) is 12.3. The van der Waals surface area contributed by atoms with Gasteiger partial charge in [0.25, 0.3) is 0 Å². The van der Waals surface area contributed by atoms with Gasteiger partial charge in [-0.25, -0.2) is 4.79 Å². The molecule has 7 rings (SSSR count). The molecule has 0 aromatic carbocycles. The first-order valence-corrected chi connectivity index (χ1v) is 20.6. The van der Waals surface area contributed by atoms with Crippen molar-refractivity contribution in [3.63, 3.8) is 0 Å². The third-order valence-electron chi connectivity index (χ3n) is 15.1. The van der Waals surface area contributed by atoms with E-state index in [9.17, 15) is 50.1 Å². The van der Waals surface area contributed by atoms with Gasteiger partial charge in [-0.2, -0.15) is 0 Å². The largest absolute Gasteiger partial charge is 0.462 e. The van der Waals surface area contributed by atoms with Gasteiger partial charge in [0.05, 0.1) is 25.1 Å². The van der Waals surface area contributed by atoms with Crippen LogP contribution in [0.1, 0.15) is 91.0 Å². The van der Waals surface area contributed by atoms with Gasteiger partial charge in [0, 0.05) is 57.1 Å². The Morgan fingerprint density at radius 1 is 0.847 bits per heavy atom. The van der Waals surface area contributed by atoms with E-state index in [2.05, 4.69) is 0 Å². The minimum Gasteiger partial charge on any atom is -0.462 e. The van der Waals surface area contributed by atoms with Crippen molar-refractivity contribution in [2.24, 2.45) is 22.7 Å². The number of ether oxygens (including phenoxy) is 7. The first kappa shape index (κ1) is 44.5. The number of carbonyl (C=O) groups is 2. The fourth-order valence-corrected chi connectivity index (χ4v) is 12.3. The molecule has 3 heterocycles. The number of fused-ring (bicyclic) bond motifs is 5. The highest BCUT2D eigenvalue weighted by Crippen LogP contribution is 2.72. The molecule has 6 fully saturated rings. The number of hydrogen-bond donors (Lipinski definition) is 7. The molecule has 18 heteroatoms. The lowest BCUT2D eigenvalue weighted by Gasteiger charge is -2.68. The second-order valence-corrected chi connectivity index (χ2v) is 18.2. The van der Waals surface area contributed by atoms with Crippen LogP contribution >= 0.6 is 0 Å². The summed E-state index contributed by atoms with van der Waals surface area (Å²) in [6.45, 7) is 7.47. The average molecular weight is 841 g/mol. The predicted octanol–water partition coefficient (Wildman–Crippen LogP) is -0.230. The summed E-state index contributed by atoms with van der Waals surface area (Å²) in [5, 5.41) is 78.5. The second-order valence-electron chi connectivity index (χ2n) is 18.2. The van der Waals surface area contributed by atoms with Crippen molar-refractivity contribution in [1.82, 2.24) is 0 Å². The molecule has 332 valence electrons. The van der Waals surface area contributed by atoms with Crippen LogP contribution in [0.5, 0.6) is 0 Å². The molecule has 20 atom stereocenters. The molecule has 18 nitrogen and oxygen atoms in total. The van der Waals surface area contributed by atoms with E-state index in [-0.39, 0.29) is 18.8 Å². The highest BCUT2D eigenvalue weighted by atomic mass is 16.7. The molecule has 0 radical (unpaired) electrons. The number of hydrogen-bond acceptors (Lipinski definition) is 18. The molecule has 0 bridgehead atoms. The Bertz CT molecular complexity index is 1740. The van der Waals surface area contributed by atoms with Crippen LogP contribution in [0.2, 0.25) is 0 Å². The molecule has 2 aliphatic heterocycles. The van der Waals surface area contributed by atoms with Gasteiger partial charge in [-0.1, -0.05) is 13.8 Å². The van der Waals surface area contributed by atoms with Crippen molar-refractivity contribution in [3.05, 3.63) is 34.4 Å². The van der Waals surface area contributed by atoms with Crippen molar-refractivity contribution < 1.29 is 82.9 Å². The lowest BCUT2D eigenvalue weighted by atomic mass is 9.40. The van der Waals surface area contributed by atoms with Gasteiger partial charge in [0.15, 0.2) is 12.6 Å². The van der Waals surface area contributed by atoms with Gasteiger partial charge < -0.3 is 73.3 Å². The summed E-state index contributed by atoms with van der Waals surface area (Å²) in [6, 6.07) is 2.87. The molecule has 0 amide bonds. The van der Waals surface area contributed by atoms with Gasteiger partial charge in [0.2, 0.25) is 0 Å². The summed E-state index contributed by atoms with van der Waals surface area (Å²) in [5.41, 5.74) is -5.39. The number of aliphatic hydroxyl groups excluding tert-OH is 5. The van der Waals surface area contributed by atoms with E-state index < -0.39 is 138 Å². The molecule has 1 aromatic rings. The zero-order valence-corrected chi connectivity index (χ0v) is 34.2. The number of esters is 2. The van der Waals surface area contributed by atoms with Crippen molar-refractivity contribution in [2.75, 3.05) is 13.7 Å². The van der Waals surface area contributed by atoms with E-state index in [4.69, 9.17) is 37.6 Å². The molecular weight excluding hydrogens is 780 g/mol. The van der Waals surface area contributed by atoms with Gasteiger partial charge in [0.1, 0.15) is 66.1 Å². The number of aliphatic hydroxyl groups is 7. The van der Waals surface area contributed by atoms with Crippen LogP contribution in [-0.2, 0) is 42.7 Å². The van der Waals surface area contributed by atoms with Crippen LogP contribution in [0.15, 0.2) is 27.6 Å². The minimum absolute atomic E-state index is 0.101. The SMILES string of the molecule is COC1C(O)C(OC2CCC3(C)C(C2)C(OC(C)=O)CC2(O)C3CCC3(C)C(c4ccc(=O)oc4)C(OC(C)=O)CC32O)OC(C)C1OC1OC(CO)C(O)C(O)C1O. The third-order valence-corrected chi connectivity index (χ3v) is 15.1. The van der Waals surface area contributed by atoms with Gasteiger partial charge in [-0.05, 0) is 62.0 Å². The van der Waals surface area contributed by atoms with Crippen molar-refractivity contribution in [3.8, 4) is 0 Å². The Labute approximate surface area is 341 Å². The zero-order valence-electron chi connectivity index (χ0n) is 34.2. The first-order chi connectivity index (χ1) is 27.7. The van der Waals surface area contributed by atoms with E-state index >= 15 is 0 Å². The van der Waals surface area contributed by atoms with Crippen molar-refractivity contribution >= 4 is 11.9 Å². The quantitative estimate of drug-likeness (QED) is 0.125. The van der Waals surface area contributed by atoms with Crippen LogP contribution in [0.3, 0.4) is 0 Å². The monoisotopic (exact) mass is 840 g/mol. The van der Waals surface area contributed by atoms with Gasteiger partial charge in [-0.15, -0.1) is 0 Å². The van der Waals surface area contributed by atoms with Crippen molar-refractivity contribution in [2.45, 2.75) is 176 Å². The lowest BCUT2D eigenvalue weighted by Crippen LogP contribution is -2.75. The number of methoxy groups -OCH3 is 1. The molecule has 0 spiro atoms. The Hall–Kier alpha value is -2.59. The van der Waals surface area contributed by atoms with Crippen molar-refractivity contribution in [1.29, 1.82) is 0 Å². The summed E-state index contributed by atoms with van der Waals surface area (Å²) in [7, 11) is 1.35. The highest BCUT2D eigenvalue weighted by molar-refractivity contribution is 5.67. The summed E-state index contributed by atoms with van der Waals surface area (Å²) in [5.74, 6) is -2.59. The summed E-state index contributed by atoms with van der Waals surface area (Å²) >= 11 is 0. The Balaban J connectivity index is 1.11. The van der Waals surface area contributed by atoms with Gasteiger partial charge in [-0.3, -0.25) is 9.59 Å². The first-order valence-electron chi connectivity index (χ1n) is 20.6. The van der Waals surface area contributed by atoms with E-state index in [0.717, 1.165) is 0 Å². The van der Waals surface area contributed by atoms with Crippen LogP contribution in [-0.4, -0.2) is 152 Å². The molecular formula is C41H60O18. The average Bonchev–Trinajstić information content (AvgIpc) is 3.40. The second kappa shape index (κ2) is 16.3. The predicted molar refractivity (Wildman–Crippen MR) is 199 cm³/mol. The Morgan fingerprint density at radius 3 is 2.15 bits per heavy atom. The smallest absolute Gasteiger partial charge is 0.335 e. The number of carbonyl (C=O) groups excluding carboxylic acids is 2. The highest BCUT2D eigenvalue weighted by Gasteiger charge is 2.78. The van der Waals surface area contributed by atoms with Crippen LogP contribution in [0, 0.1) is 22.7 Å². The van der Waals surface area contributed by atoms with Crippen LogP contribution < -0.4 is 5.63 Å². The molecule has 6 aliphatic rings. The molecule has 20 unspecified atom stereocenters. The minimum atomic E-state index is -1.83. The third kappa shape index (κ3) is 7.27. The molecule has 7 N–H and O–H groups in total. The molecule has 4 saturated carbocycles. The Morgan fingerprint density at radius 2 is 1.53 bits per heavy atom. The van der Waals surface area contributed by atoms with E-state index in [1.54, 1.807) is 13.0 Å². The van der Waals surface area contributed by atoms with Crippen LogP contribution in [0.4, 0.5) is 0 Å². The maximum absolute atomic E-state index is 13.2. The Kier molecular flexibility index (Phi) is 12.3. The maximum Gasteiger partial charge on any atom is 0.335 e. The summed E-state index contributed by atoms with van der Waals surface area (Å²) < 4.78 is 46.8.